The van der Waals surface area contributed by atoms with Crippen LogP contribution in [0.5, 0.6) is 0 Å². The van der Waals surface area contributed by atoms with E-state index in [0.717, 1.165) is 17.7 Å². The third-order valence-corrected chi connectivity index (χ3v) is 4.21. The highest BCUT2D eigenvalue weighted by atomic mass is 16.2. The molecule has 3 rings (SSSR count). The molecule has 2 N–H and O–H groups in total. The van der Waals surface area contributed by atoms with Crippen LogP contribution < -0.4 is 10.6 Å². The Morgan fingerprint density at radius 1 is 1.17 bits per heavy atom. The maximum atomic E-state index is 12.1. The van der Waals surface area contributed by atoms with Gasteiger partial charge >= 0.3 is 6.03 Å². The van der Waals surface area contributed by atoms with Crippen molar-refractivity contribution in [3.63, 3.8) is 0 Å². The maximum Gasteiger partial charge on any atom is 0.315 e. The molecule has 0 aliphatic rings. The normalized spacial score (nSPS) is 12.1. The van der Waals surface area contributed by atoms with E-state index in [1.165, 1.54) is 10.8 Å². The van der Waals surface area contributed by atoms with E-state index in [9.17, 15) is 4.79 Å². The molecule has 0 saturated heterocycles. The van der Waals surface area contributed by atoms with Crippen molar-refractivity contribution in [1.82, 2.24) is 20.4 Å². The molecule has 3 aromatic rings. The number of aromatic nitrogens is 2. The SMILES string of the molecule is CC(NC(=O)NCCc1ccnn1C)c1ccc2ccccc2c1. The molecular weight excluding hydrogens is 300 g/mol. The highest BCUT2D eigenvalue weighted by molar-refractivity contribution is 5.83. The number of amides is 2. The molecule has 0 bridgehead atoms. The van der Waals surface area contributed by atoms with Crippen molar-refractivity contribution < 1.29 is 4.79 Å². The predicted molar refractivity (Wildman–Crippen MR) is 95.8 cm³/mol. The van der Waals surface area contributed by atoms with Gasteiger partial charge < -0.3 is 10.6 Å². The molecule has 0 radical (unpaired) electrons. The molecule has 5 nitrogen and oxygen atoms in total. The van der Waals surface area contributed by atoms with Crippen molar-refractivity contribution in [2.24, 2.45) is 7.05 Å². The topological polar surface area (TPSA) is 59.0 Å². The van der Waals surface area contributed by atoms with Crippen LogP contribution in [0.25, 0.3) is 10.8 Å². The number of hydrogen-bond acceptors (Lipinski definition) is 2. The van der Waals surface area contributed by atoms with Gasteiger partial charge in [-0.1, -0.05) is 36.4 Å². The van der Waals surface area contributed by atoms with Crippen LogP contribution in [0.1, 0.15) is 24.2 Å². The van der Waals surface area contributed by atoms with E-state index in [2.05, 4.69) is 46.1 Å². The highest BCUT2D eigenvalue weighted by Crippen LogP contribution is 2.20. The van der Waals surface area contributed by atoms with Crippen molar-refractivity contribution in [3.05, 3.63) is 66.0 Å². The van der Waals surface area contributed by atoms with Crippen molar-refractivity contribution in [2.75, 3.05) is 6.54 Å². The van der Waals surface area contributed by atoms with Crippen LogP contribution in [0.3, 0.4) is 0 Å². The Bertz CT molecular complexity index is 840. The van der Waals surface area contributed by atoms with Crippen molar-refractivity contribution in [2.45, 2.75) is 19.4 Å². The fraction of sp³-hybridized carbons (Fsp3) is 0.263. The van der Waals surface area contributed by atoms with E-state index in [1.807, 2.05) is 36.9 Å². The predicted octanol–water partition coefficient (Wildman–Crippen LogP) is 3.18. The average molecular weight is 322 g/mol. The first-order valence-corrected chi connectivity index (χ1v) is 8.13. The minimum Gasteiger partial charge on any atom is -0.338 e. The molecule has 2 aromatic carbocycles. The molecule has 0 saturated carbocycles. The maximum absolute atomic E-state index is 12.1. The second kappa shape index (κ2) is 7.17. The van der Waals surface area contributed by atoms with E-state index in [1.54, 1.807) is 6.20 Å². The zero-order chi connectivity index (χ0) is 16.9. The second-order valence-corrected chi connectivity index (χ2v) is 5.92. The number of benzene rings is 2. The number of fused-ring (bicyclic) bond motifs is 1. The number of nitrogens with zero attached hydrogens (tertiary/aromatic N) is 2. The minimum absolute atomic E-state index is 0.0497. The molecule has 1 heterocycles. The lowest BCUT2D eigenvalue weighted by molar-refractivity contribution is 0.238. The fourth-order valence-corrected chi connectivity index (χ4v) is 2.76. The molecule has 124 valence electrons. The Labute approximate surface area is 141 Å². The molecule has 1 unspecified atom stereocenters. The Balaban J connectivity index is 1.54. The molecule has 0 aliphatic carbocycles. The Kier molecular flexibility index (Phi) is 4.79. The van der Waals surface area contributed by atoms with Crippen LogP contribution in [0.15, 0.2) is 54.7 Å². The van der Waals surface area contributed by atoms with Crippen LogP contribution >= 0.6 is 0 Å². The molecular formula is C19H22N4O. The number of carbonyl (C=O) groups excluding carboxylic acids is 1. The van der Waals surface area contributed by atoms with Gasteiger partial charge in [-0.3, -0.25) is 4.68 Å². The lowest BCUT2D eigenvalue weighted by Crippen LogP contribution is -2.38. The van der Waals surface area contributed by atoms with Gasteiger partial charge in [0.2, 0.25) is 0 Å². The summed E-state index contributed by atoms with van der Waals surface area (Å²) in [5.41, 5.74) is 2.19. The zero-order valence-corrected chi connectivity index (χ0v) is 14.0. The van der Waals surface area contributed by atoms with Crippen LogP contribution in [0.4, 0.5) is 4.79 Å². The smallest absolute Gasteiger partial charge is 0.315 e. The molecule has 2 amide bonds. The average Bonchev–Trinajstić information content (AvgIpc) is 2.99. The third-order valence-electron chi connectivity index (χ3n) is 4.21. The summed E-state index contributed by atoms with van der Waals surface area (Å²) in [6.45, 7) is 2.57. The first kappa shape index (κ1) is 16.1. The number of urea groups is 1. The van der Waals surface area contributed by atoms with Gasteiger partial charge in [-0.2, -0.15) is 5.10 Å². The molecule has 0 spiro atoms. The zero-order valence-electron chi connectivity index (χ0n) is 14.0. The van der Waals surface area contributed by atoms with E-state index in [0.29, 0.717) is 6.54 Å². The molecule has 0 fully saturated rings. The van der Waals surface area contributed by atoms with E-state index in [-0.39, 0.29) is 12.1 Å². The summed E-state index contributed by atoms with van der Waals surface area (Å²) in [5.74, 6) is 0. The van der Waals surface area contributed by atoms with Crippen molar-refractivity contribution >= 4 is 16.8 Å². The summed E-state index contributed by atoms with van der Waals surface area (Å²) in [4.78, 5) is 12.1. The fourth-order valence-electron chi connectivity index (χ4n) is 2.76. The standard InChI is InChI=1S/C19H22N4O/c1-14(16-8-7-15-5-3-4-6-17(15)13-16)22-19(24)20-11-9-18-10-12-21-23(18)2/h3-8,10,12-14H,9,11H2,1-2H3,(H2,20,22,24). The van der Waals surface area contributed by atoms with Crippen LogP contribution in [-0.2, 0) is 13.5 Å². The van der Waals surface area contributed by atoms with Gasteiger partial charge in [-0.25, -0.2) is 4.79 Å². The number of nitrogens with one attached hydrogen (secondary N) is 2. The van der Waals surface area contributed by atoms with Gasteiger partial charge in [0.25, 0.3) is 0 Å². The number of aryl methyl sites for hydroxylation is 1. The summed E-state index contributed by atoms with van der Waals surface area (Å²) in [5, 5.41) is 12.4. The Morgan fingerprint density at radius 3 is 2.71 bits per heavy atom. The molecule has 5 heteroatoms. The first-order chi connectivity index (χ1) is 11.6. The monoisotopic (exact) mass is 322 g/mol. The van der Waals surface area contributed by atoms with Crippen LogP contribution in [-0.4, -0.2) is 22.4 Å². The lowest BCUT2D eigenvalue weighted by atomic mass is 10.0. The van der Waals surface area contributed by atoms with E-state index < -0.39 is 0 Å². The van der Waals surface area contributed by atoms with Gasteiger partial charge in [0, 0.05) is 31.9 Å². The van der Waals surface area contributed by atoms with Crippen LogP contribution in [0.2, 0.25) is 0 Å². The first-order valence-electron chi connectivity index (χ1n) is 8.13. The van der Waals surface area contributed by atoms with Gasteiger partial charge in [-0.05, 0) is 35.4 Å². The van der Waals surface area contributed by atoms with Gasteiger partial charge in [0.1, 0.15) is 0 Å². The quantitative estimate of drug-likeness (QED) is 0.758. The third kappa shape index (κ3) is 3.74. The molecule has 0 aliphatic heterocycles. The highest BCUT2D eigenvalue weighted by Gasteiger charge is 2.10. The Morgan fingerprint density at radius 2 is 1.96 bits per heavy atom. The largest absolute Gasteiger partial charge is 0.338 e. The summed E-state index contributed by atoms with van der Waals surface area (Å²) >= 11 is 0. The second-order valence-electron chi connectivity index (χ2n) is 5.92. The number of carbonyl (C=O) groups is 1. The minimum atomic E-state index is -0.155. The van der Waals surface area contributed by atoms with Gasteiger partial charge in [0.05, 0.1) is 6.04 Å². The van der Waals surface area contributed by atoms with E-state index in [4.69, 9.17) is 0 Å². The van der Waals surface area contributed by atoms with Gasteiger partial charge in [-0.15, -0.1) is 0 Å². The number of hydrogen-bond donors (Lipinski definition) is 2. The lowest BCUT2D eigenvalue weighted by Gasteiger charge is -2.16. The van der Waals surface area contributed by atoms with Gasteiger partial charge in [0.15, 0.2) is 0 Å². The summed E-state index contributed by atoms with van der Waals surface area (Å²) in [6, 6.07) is 16.2. The van der Waals surface area contributed by atoms with E-state index >= 15 is 0 Å². The number of rotatable bonds is 5. The van der Waals surface area contributed by atoms with Crippen molar-refractivity contribution in [3.8, 4) is 0 Å². The van der Waals surface area contributed by atoms with Crippen molar-refractivity contribution in [1.29, 1.82) is 0 Å². The van der Waals surface area contributed by atoms with Crippen LogP contribution in [0, 0.1) is 0 Å². The molecule has 1 aromatic heterocycles. The molecule has 1 atom stereocenters. The summed E-state index contributed by atoms with van der Waals surface area (Å²) < 4.78 is 1.82. The summed E-state index contributed by atoms with van der Waals surface area (Å²) in [6.07, 6.45) is 2.52. The Hall–Kier alpha value is -2.82. The molecule has 24 heavy (non-hydrogen) atoms. The summed E-state index contributed by atoms with van der Waals surface area (Å²) in [7, 11) is 1.90.